The molecule has 4 heterocycles. The normalized spacial score (nSPS) is 23.6. The maximum absolute atomic E-state index is 13.8. The van der Waals surface area contributed by atoms with E-state index in [4.69, 9.17) is 4.99 Å². The lowest BCUT2D eigenvalue weighted by Crippen LogP contribution is -2.50. The van der Waals surface area contributed by atoms with E-state index in [1.807, 2.05) is 0 Å². The zero-order chi connectivity index (χ0) is 22.4. The number of hydrogen-bond donors (Lipinski definition) is 2. The highest BCUT2D eigenvalue weighted by atomic mass is 19.2. The number of anilines is 1. The summed E-state index contributed by atoms with van der Waals surface area (Å²) in [6, 6.07) is 2.00. The Balaban J connectivity index is 1.43. The van der Waals surface area contributed by atoms with Gasteiger partial charge in [-0.15, -0.1) is 0 Å². The van der Waals surface area contributed by atoms with Crippen molar-refractivity contribution in [3.8, 4) is 0 Å². The van der Waals surface area contributed by atoms with Gasteiger partial charge in [0.15, 0.2) is 17.5 Å². The summed E-state index contributed by atoms with van der Waals surface area (Å²) in [5.41, 5.74) is 1.96. The van der Waals surface area contributed by atoms with Crippen molar-refractivity contribution in [2.45, 2.75) is 19.8 Å². The number of rotatable bonds is 4. The van der Waals surface area contributed by atoms with E-state index in [1.165, 1.54) is 4.90 Å². The van der Waals surface area contributed by atoms with Crippen molar-refractivity contribution in [3.05, 3.63) is 65.6 Å². The van der Waals surface area contributed by atoms with Crippen LogP contribution in [0.15, 0.2) is 47.7 Å². The smallest absolute Gasteiger partial charge is 0.325 e. The zero-order valence-electron chi connectivity index (χ0n) is 17.7. The largest absolute Gasteiger partial charge is 0.329 e. The third-order valence-corrected chi connectivity index (χ3v) is 6.41. The van der Waals surface area contributed by atoms with Crippen molar-refractivity contribution in [2.24, 2.45) is 16.8 Å². The second-order valence-electron chi connectivity index (χ2n) is 8.35. The molecule has 0 aliphatic carbocycles. The quantitative estimate of drug-likeness (QED) is 0.765. The number of carbonyl (C=O) groups excluding carboxylic acids is 1. The fourth-order valence-corrected chi connectivity index (χ4v) is 4.62. The molecule has 1 fully saturated rings. The molecule has 5 rings (SSSR count). The van der Waals surface area contributed by atoms with Crippen molar-refractivity contribution in [1.82, 2.24) is 25.5 Å². The number of nitrogens with zero attached hydrogens (tertiary/aromatic N) is 5. The summed E-state index contributed by atoms with van der Waals surface area (Å²) in [5, 5.41) is 6.33. The van der Waals surface area contributed by atoms with Gasteiger partial charge in [-0.25, -0.2) is 18.6 Å². The van der Waals surface area contributed by atoms with E-state index < -0.39 is 11.6 Å². The summed E-state index contributed by atoms with van der Waals surface area (Å²) in [7, 11) is 0. The SMILES string of the molecule is Cc1cc(F)c(F)cc1N1C=C2N=C(C3CNCC3C(C)c3cnccn3)NC(=O)N2C1. The third kappa shape index (κ3) is 3.50. The number of urea groups is 1. The van der Waals surface area contributed by atoms with Gasteiger partial charge in [-0.05, 0) is 31.0 Å². The number of hydrogen-bond acceptors (Lipinski definition) is 6. The number of halogens is 2. The van der Waals surface area contributed by atoms with Gasteiger partial charge in [0.25, 0.3) is 0 Å². The Labute approximate surface area is 184 Å². The number of aryl methyl sites for hydroxylation is 1. The number of nitrogens with one attached hydrogen (secondary N) is 2. The molecule has 3 unspecified atom stereocenters. The van der Waals surface area contributed by atoms with Crippen LogP contribution in [0, 0.1) is 30.4 Å². The summed E-state index contributed by atoms with van der Waals surface area (Å²) in [5.74, 6) is -0.439. The predicted octanol–water partition coefficient (Wildman–Crippen LogP) is 2.70. The first-order valence-electron chi connectivity index (χ1n) is 10.5. The minimum absolute atomic E-state index is 0.00180. The summed E-state index contributed by atoms with van der Waals surface area (Å²) in [6.07, 6.45) is 6.79. The molecule has 166 valence electrons. The highest BCUT2D eigenvalue weighted by Gasteiger charge is 2.40. The average Bonchev–Trinajstić information content (AvgIpc) is 3.44. The van der Waals surface area contributed by atoms with E-state index in [9.17, 15) is 13.6 Å². The van der Waals surface area contributed by atoms with E-state index in [-0.39, 0.29) is 30.5 Å². The molecule has 32 heavy (non-hydrogen) atoms. The second-order valence-corrected chi connectivity index (χ2v) is 8.35. The van der Waals surface area contributed by atoms with Gasteiger partial charge in [0.1, 0.15) is 12.5 Å². The Morgan fingerprint density at radius 2 is 2.00 bits per heavy atom. The molecule has 8 nitrogen and oxygen atoms in total. The molecule has 0 radical (unpaired) electrons. The first kappa shape index (κ1) is 20.5. The lowest BCUT2D eigenvalue weighted by Gasteiger charge is -2.30. The highest BCUT2D eigenvalue weighted by Crippen LogP contribution is 2.35. The molecule has 2 N–H and O–H groups in total. The van der Waals surface area contributed by atoms with Crippen molar-refractivity contribution < 1.29 is 13.6 Å². The molecule has 2 aromatic rings. The molecule has 10 heteroatoms. The van der Waals surface area contributed by atoms with Crippen LogP contribution in [0.4, 0.5) is 19.3 Å². The number of amides is 2. The van der Waals surface area contributed by atoms with Gasteiger partial charge in [-0.1, -0.05) is 6.92 Å². The van der Waals surface area contributed by atoms with E-state index in [2.05, 4.69) is 27.5 Å². The van der Waals surface area contributed by atoms with Crippen LogP contribution < -0.4 is 15.5 Å². The first-order valence-corrected chi connectivity index (χ1v) is 10.5. The molecule has 0 spiro atoms. The molecular formula is C22H23F2N7O. The number of benzene rings is 1. The van der Waals surface area contributed by atoms with E-state index >= 15 is 0 Å². The Hall–Kier alpha value is -3.40. The predicted molar refractivity (Wildman–Crippen MR) is 115 cm³/mol. The Morgan fingerprint density at radius 1 is 1.19 bits per heavy atom. The molecule has 1 aromatic carbocycles. The maximum Gasteiger partial charge on any atom is 0.329 e. The molecule has 3 aliphatic rings. The topological polar surface area (TPSA) is 85.7 Å². The van der Waals surface area contributed by atoms with Crippen molar-refractivity contribution in [3.63, 3.8) is 0 Å². The molecular weight excluding hydrogens is 416 g/mol. The fourth-order valence-electron chi connectivity index (χ4n) is 4.62. The summed E-state index contributed by atoms with van der Waals surface area (Å²) in [6.45, 7) is 5.44. The van der Waals surface area contributed by atoms with Crippen LogP contribution in [0.1, 0.15) is 24.1 Å². The van der Waals surface area contributed by atoms with Gasteiger partial charge < -0.3 is 10.2 Å². The molecule has 1 saturated heterocycles. The maximum atomic E-state index is 13.8. The number of carbonyl (C=O) groups is 1. The van der Waals surface area contributed by atoms with Gasteiger partial charge in [-0.3, -0.25) is 20.2 Å². The molecule has 3 atom stereocenters. The Bertz CT molecular complexity index is 1120. The van der Waals surface area contributed by atoms with Crippen LogP contribution in [0.5, 0.6) is 0 Å². The number of fused-ring (bicyclic) bond motifs is 1. The Morgan fingerprint density at radius 3 is 2.78 bits per heavy atom. The number of amidine groups is 1. The molecule has 0 bridgehead atoms. The average molecular weight is 439 g/mol. The zero-order valence-corrected chi connectivity index (χ0v) is 17.7. The molecule has 0 saturated carbocycles. The van der Waals surface area contributed by atoms with Crippen molar-refractivity contribution in [1.29, 1.82) is 0 Å². The van der Waals surface area contributed by atoms with Crippen LogP contribution in [0.3, 0.4) is 0 Å². The van der Waals surface area contributed by atoms with Gasteiger partial charge in [-0.2, -0.15) is 0 Å². The third-order valence-electron chi connectivity index (χ3n) is 6.41. The van der Waals surface area contributed by atoms with Crippen LogP contribution in [-0.2, 0) is 0 Å². The summed E-state index contributed by atoms with van der Waals surface area (Å²) in [4.78, 5) is 29.4. The van der Waals surface area contributed by atoms with Gasteiger partial charge in [0.2, 0.25) is 0 Å². The van der Waals surface area contributed by atoms with Crippen molar-refractivity contribution in [2.75, 3.05) is 24.7 Å². The molecule has 1 aromatic heterocycles. The van der Waals surface area contributed by atoms with Crippen LogP contribution in [-0.4, -0.2) is 46.5 Å². The van der Waals surface area contributed by atoms with Crippen LogP contribution >= 0.6 is 0 Å². The highest BCUT2D eigenvalue weighted by molar-refractivity contribution is 6.02. The second kappa shape index (κ2) is 7.94. The minimum Gasteiger partial charge on any atom is -0.325 e. The van der Waals surface area contributed by atoms with Crippen LogP contribution in [0.2, 0.25) is 0 Å². The summed E-state index contributed by atoms with van der Waals surface area (Å²) < 4.78 is 27.4. The lowest BCUT2D eigenvalue weighted by atomic mass is 9.82. The molecule has 2 amide bonds. The van der Waals surface area contributed by atoms with Gasteiger partial charge in [0, 0.05) is 54.9 Å². The van der Waals surface area contributed by atoms with Gasteiger partial charge in [0.05, 0.1) is 5.69 Å². The lowest BCUT2D eigenvalue weighted by molar-refractivity contribution is 0.216. The summed E-state index contributed by atoms with van der Waals surface area (Å²) >= 11 is 0. The standard InChI is InChI=1S/C22H23F2N7O/c1-12-5-16(23)17(24)6-19(12)30-10-20-28-21(29-22(32)31(20)11-30)15-8-26-7-14(15)13(2)18-9-25-3-4-27-18/h3-6,9-10,13-15,26H,7-8,11H2,1-2H3,(H,28,29,32). The minimum atomic E-state index is -0.930. The molecule has 3 aliphatic heterocycles. The Kier molecular flexibility index (Phi) is 5.09. The number of aromatic nitrogens is 2. The van der Waals surface area contributed by atoms with Crippen LogP contribution in [0.25, 0.3) is 0 Å². The van der Waals surface area contributed by atoms with E-state index in [1.54, 1.807) is 36.6 Å². The first-order chi connectivity index (χ1) is 15.4. The van der Waals surface area contributed by atoms with Crippen molar-refractivity contribution >= 4 is 17.6 Å². The monoisotopic (exact) mass is 439 g/mol. The van der Waals surface area contributed by atoms with E-state index in [0.717, 1.165) is 24.4 Å². The van der Waals surface area contributed by atoms with Gasteiger partial charge >= 0.3 is 6.03 Å². The number of aliphatic imine (C=N–C) groups is 1. The van der Waals surface area contributed by atoms with E-state index in [0.29, 0.717) is 29.5 Å². The fraction of sp³-hybridized carbons (Fsp3) is 0.364.